The van der Waals surface area contributed by atoms with Gasteiger partial charge in [-0.05, 0) is 44.2 Å². The molecular weight excluding hydrogens is 313 g/mol. The van der Waals surface area contributed by atoms with Crippen LogP contribution in [0.25, 0.3) is 5.69 Å². The summed E-state index contributed by atoms with van der Waals surface area (Å²) in [5, 5.41) is 4.16. The van der Waals surface area contributed by atoms with Crippen molar-refractivity contribution >= 4 is 5.91 Å². The molecule has 126 valence electrons. The highest BCUT2D eigenvalue weighted by atomic mass is 19.1. The summed E-state index contributed by atoms with van der Waals surface area (Å²) in [6.07, 6.45) is 0. The summed E-state index contributed by atoms with van der Waals surface area (Å²) in [6.45, 7) is 5.20. The van der Waals surface area contributed by atoms with E-state index >= 15 is 0 Å². The van der Waals surface area contributed by atoms with Crippen LogP contribution in [0.1, 0.15) is 24.3 Å². The largest absolute Gasteiger partial charge is 0.377 e. The highest BCUT2D eigenvalue weighted by molar-refractivity contribution is 5.92. The summed E-state index contributed by atoms with van der Waals surface area (Å²) in [5.74, 6) is -0.673. The van der Waals surface area contributed by atoms with Crippen LogP contribution in [0.15, 0.2) is 41.2 Å². The van der Waals surface area contributed by atoms with Crippen molar-refractivity contribution in [1.82, 2.24) is 14.7 Å². The molecule has 0 radical (unpaired) electrons. The lowest BCUT2D eigenvalue weighted by Crippen LogP contribution is -2.55. The van der Waals surface area contributed by atoms with Crippen molar-refractivity contribution in [2.75, 3.05) is 19.8 Å². The van der Waals surface area contributed by atoms with Crippen molar-refractivity contribution in [2.24, 2.45) is 0 Å². The van der Waals surface area contributed by atoms with Crippen LogP contribution in [0, 0.1) is 5.82 Å². The Hall–Kier alpha value is -2.54. The highest BCUT2D eigenvalue weighted by Gasteiger charge is 2.35. The number of morpholine rings is 1. The van der Waals surface area contributed by atoms with E-state index in [2.05, 4.69) is 5.10 Å². The monoisotopic (exact) mass is 331 g/mol. The first-order chi connectivity index (χ1) is 11.4. The maximum absolute atomic E-state index is 13.1. The summed E-state index contributed by atoms with van der Waals surface area (Å²) in [5.41, 5.74) is -0.279. The second-order valence-electron chi connectivity index (χ2n) is 6.27. The van der Waals surface area contributed by atoms with Crippen LogP contribution >= 0.6 is 0 Å². The Morgan fingerprint density at radius 1 is 1.21 bits per heavy atom. The van der Waals surface area contributed by atoms with Gasteiger partial charge in [0.05, 0.1) is 24.4 Å². The van der Waals surface area contributed by atoms with Gasteiger partial charge in [0.25, 0.3) is 11.5 Å². The predicted molar refractivity (Wildman–Crippen MR) is 85.7 cm³/mol. The number of nitrogens with zero attached hydrogens (tertiary/aromatic N) is 3. The van der Waals surface area contributed by atoms with Gasteiger partial charge in [0.15, 0.2) is 0 Å². The van der Waals surface area contributed by atoms with Crippen LogP contribution in [0.3, 0.4) is 0 Å². The maximum Gasteiger partial charge on any atom is 0.274 e. The van der Waals surface area contributed by atoms with E-state index in [1.54, 1.807) is 4.90 Å². The van der Waals surface area contributed by atoms with Crippen LogP contribution in [-0.2, 0) is 4.74 Å². The molecule has 1 aliphatic heterocycles. The lowest BCUT2D eigenvalue weighted by molar-refractivity contribution is -0.0373. The zero-order valence-electron chi connectivity index (χ0n) is 13.5. The minimum atomic E-state index is -0.451. The topological polar surface area (TPSA) is 64.4 Å². The smallest absolute Gasteiger partial charge is 0.274 e. The normalized spacial score (nSPS) is 16.9. The van der Waals surface area contributed by atoms with Crippen LogP contribution in [-0.4, -0.2) is 45.9 Å². The summed E-state index contributed by atoms with van der Waals surface area (Å²) in [7, 11) is 0. The molecule has 1 amide bonds. The zero-order chi connectivity index (χ0) is 17.3. The number of rotatable bonds is 2. The van der Waals surface area contributed by atoms with Gasteiger partial charge < -0.3 is 9.64 Å². The molecule has 0 unspecified atom stereocenters. The van der Waals surface area contributed by atoms with E-state index in [1.165, 1.54) is 36.4 Å². The van der Waals surface area contributed by atoms with E-state index in [4.69, 9.17) is 4.74 Å². The average molecular weight is 331 g/mol. The van der Waals surface area contributed by atoms with Gasteiger partial charge in [-0.25, -0.2) is 4.39 Å². The van der Waals surface area contributed by atoms with Gasteiger partial charge in [-0.1, -0.05) is 0 Å². The molecule has 2 aromatic rings. The SMILES string of the molecule is CC1(C)COCCN1C(=O)c1ccc(=O)n(-c2ccc(F)cc2)n1. The molecule has 0 atom stereocenters. The quantitative estimate of drug-likeness (QED) is 0.839. The Balaban J connectivity index is 1.97. The molecule has 6 nitrogen and oxygen atoms in total. The van der Waals surface area contributed by atoms with Crippen molar-refractivity contribution in [3.63, 3.8) is 0 Å². The minimum absolute atomic E-state index is 0.161. The third-order valence-electron chi connectivity index (χ3n) is 3.98. The molecular formula is C17H18FN3O3. The van der Waals surface area contributed by atoms with Crippen molar-refractivity contribution in [2.45, 2.75) is 19.4 Å². The number of carbonyl (C=O) groups excluding carboxylic acids is 1. The Kier molecular flexibility index (Phi) is 4.19. The van der Waals surface area contributed by atoms with E-state index in [-0.39, 0.29) is 17.2 Å². The molecule has 1 aromatic carbocycles. The Morgan fingerprint density at radius 2 is 1.92 bits per heavy atom. The van der Waals surface area contributed by atoms with E-state index in [9.17, 15) is 14.0 Å². The second-order valence-corrected chi connectivity index (χ2v) is 6.27. The van der Waals surface area contributed by atoms with Gasteiger partial charge >= 0.3 is 0 Å². The summed E-state index contributed by atoms with van der Waals surface area (Å²) in [6, 6.07) is 8.06. The number of aromatic nitrogens is 2. The Labute approximate surface area is 138 Å². The van der Waals surface area contributed by atoms with E-state index in [1.807, 2.05) is 13.8 Å². The number of halogens is 1. The van der Waals surface area contributed by atoms with Gasteiger partial charge in [-0.15, -0.1) is 0 Å². The number of amides is 1. The Morgan fingerprint density at radius 3 is 2.58 bits per heavy atom. The third kappa shape index (κ3) is 3.07. The number of benzene rings is 1. The fourth-order valence-electron chi connectivity index (χ4n) is 2.67. The van der Waals surface area contributed by atoms with E-state index < -0.39 is 11.4 Å². The highest BCUT2D eigenvalue weighted by Crippen LogP contribution is 2.21. The van der Waals surface area contributed by atoms with Crippen LogP contribution in [0.4, 0.5) is 4.39 Å². The zero-order valence-corrected chi connectivity index (χ0v) is 13.5. The maximum atomic E-state index is 13.1. The third-order valence-corrected chi connectivity index (χ3v) is 3.98. The van der Waals surface area contributed by atoms with Crippen molar-refractivity contribution in [1.29, 1.82) is 0 Å². The first-order valence-electron chi connectivity index (χ1n) is 7.64. The molecule has 7 heteroatoms. The van der Waals surface area contributed by atoms with Crippen LogP contribution < -0.4 is 5.56 Å². The van der Waals surface area contributed by atoms with Crippen molar-refractivity contribution in [3.05, 3.63) is 58.3 Å². The lowest BCUT2D eigenvalue weighted by atomic mass is 10.0. The van der Waals surface area contributed by atoms with Gasteiger partial charge in [0, 0.05) is 12.6 Å². The summed E-state index contributed by atoms with van der Waals surface area (Å²) >= 11 is 0. The molecule has 0 aliphatic carbocycles. The molecule has 1 fully saturated rings. The number of ether oxygens (including phenoxy) is 1. The van der Waals surface area contributed by atoms with Gasteiger partial charge in [0.2, 0.25) is 0 Å². The van der Waals surface area contributed by atoms with Gasteiger partial charge in [-0.3, -0.25) is 9.59 Å². The molecule has 1 aliphatic rings. The van der Waals surface area contributed by atoms with E-state index in [0.717, 1.165) is 4.68 Å². The molecule has 0 saturated carbocycles. The van der Waals surface area contributed by atoms with Gasteiger partial charge in [-0.2, -0.15) is 9.78 Å². The predicted octanol–water partition coefficient (Wildman–Crippen LogP) is 1.62. The molecule has 0 bridgehead atoms. The number of carbonyl (C=O) groups is 1. The summed E-state index contributed by atoms with van der Waals surface area (Å²) in [4.78, 5) is 26.5. The molecule has 0 N–H and O–H groups in total. The fraction of sp³-hybridized carbons (Fsp3) is 0.353. The van der Waals surface area contributed by atoms with Crippen LogP contribution in [0.5, 0.6) is 0 Å². The number of hydrogen-bond acceptors (Lipinski definition) is 4. The fourth-order valence-corrected chi connectivity index (χ4v) is 2.67. The Bertz CT molecular complexity index is 815. The van der Waals surface area contributed by atoms with Crippen molar-refractivity contribution in [3.8, 4) is 5.69 Å². The first-order valence-corrected chi connectivity index (χ1v) is 7.64. The average Bonchev–Trinajstić information content (AvgIpc) is 2.55. The molecule has 2 heterocycles. The lowest BCUT2D eigenvalue weighted by Gasteiger charge is -2.41. The number of hydrogen-bond donors (Lipinski definition) is 0. The van der Waals surface area contributed by atoms with Gasteiger partial charge in [0.1, 0.15) is 11.5 Å². The summed E-state index contributed by atoms with van der Waals surface area (Å²) < 4.78 is 19.6. The first kappa shape index (κ1) is 16.3. The van der Waals surface area contributed by atoms with Crippen LogP contribution in [0.2, 0.25) is 0 Å². The second kappa shape index (κ2) is 6.16. The molecule has 3 rings (SSSR count). The molecule has 24 heavy (non-hydrogen) atoms. The molecule has 1 aromatic heterocycles. The standard InChI is InChI=1S/C17H18FN3O3/c1-17(2)11-24-10-9-20(17)16(23)14-7-8-15(22)21(19-14)13-5-3-12(18)4-6-13/h3-8H,9-11H2,1-2H3. The minimum Gasteiger partial charge on any atom is -0.377 e. The van der Waals surface area contributed by atoms with Crippen molar-refractivity contribution < 1.29 is 13.9 Å². The van der Waals surface area contributed by atoms with E-state index in [0.29, 0.717) is 25.4 Å². The molecule has 0 spiro atoms. The molecule has 1 saturated heterocycles.